The molecule has 0 aliphatic carbocycles. The summed E-state index contributed by atoms with van der Waals surface area (Å²) in [6.45, 7) is 7.51. The quantitative estimate of drug-likeness (QED) is 0.646. The Morgan fingerprint density at radius 1 is 1.00 bits per heavy atom. The van der Waals surface area contributed by atoms with Crippen molar-refractivity contribution in [3.05, 3.63) is 64.7 Å². The monoisotopic (exact) mass is 475 g/mol. The average Bonchev–Trinajstić information content (AvgIpc) is 3.16. The van der Waals surface area contributed by atoms with Gasteiger partial charge in [-0.3, -0.25) is 24.6 Å². The van der Waals surface area contributed by atoms with Crippen molar-refractivity contribution >= 4 is 17.7 Å². The van der Waals surface area contributed by atoms with Crippen LogP contribution in [0, 0.1) is 0 Å². The average molecular weight is 476 g/mol. The van der Waals surface area contributed by atoms with Crippen molar-refractivity contribution in [3.8, 4) is 5.75 Å². The van der Waals surface area contributed by atoms with Crippen LogP contribution < -0.4 is 10.1 Å². The second-order valence-corrected chi connectivity index (χ2v) is 10.2. The third-order valence-corrected chi connectivity index (χ3v) is 7.31. The van der Waals surface area contributed by atoms with Gasteiger partial charge >= 0.3 is 0 Å². The Hall–Kier alpha value is -3.19. The van der Waals surface area contributed by atoms with Gasteiger partial charge in [0.1, 0.15) is 11.8 Å². The van der Waals surface area contributed by atoms with Gasteiger partial charge in [0.05, 0.1) is 6.10 Å². The molecule has 0 bridgehead atoms. The summed E-state index contributed by atoms with van der Waals surface area (Å²) >= 11 is 0. The zero-order valence-corrected chi connectivity index (χ0v) is 20.5. The highest BCUT2D eigenvalue weighted by atomic mass is 16.5. The number of piperidine rings is 2. The van der Waals surface area contributed by atoms with E-state index in [2.05, 4.69) is 34.5 Å². The Morgan fingerprint density at radius 2 is 1.74 bits per heavy atom. The van der Waals surface area contributed by atoms with Crippen molar-refractivity contribution in [1.29, 1.82) is 0 Å². The van der Waals surface area contributed by atoms with Gasteiger partial charge in [0, 0.05) is 25.1 Å². The first-order chi connectivity index (χ1) is 16.9. The zero-order valence-electron chi connectivity index (χ0n) is 20.5. The smallest absolute Gasteiger partial charge is 0.255 e. The maximum atomic E-state index is 12.9. The highest BCUT2D eigenvalue weighted by molar-refractivity contribution is 6.05. The number of hydrogen-bond acceptors (Lipinski definition) is 5. The summed E-state index contributed by atoms with van der Waals surface area (Å²) in [6.07, 6.45) is 3.01. The Bertz CT molecular complexity index is 1120. The number of nitrogens with one attached hydrogen (secondary N) is 1. The summed E-state index contributed by atoms with van der Waals surface area (Å²) in [5, 5.41) is 2.37. The first-order valence-corrected chi connectivity index (χ1v) is 12.6. The first-order valence-electron chi connectivity index (χ1n) is 12.6. The molecule has 0 radical (unpaired) electrons. The van der Waals surface area contributed by atoms with E-state index in [1.54, 1.807) is 4.90 Å². The molecular formula is C28H33N3O4. The van der Waals surface area contributed by atoms with Gasteiger partial charge in [0.15, 0.2) is 0 Å². The molecule has 184 valence electrons. The lowest BCUT2D eigenvalue weighted by molar-refractivity contribution is -0.136. The molecule has 1 N–H and O–H groups in total. The normalized spacial score (nSPS) is 21.4. The molecule has 7 heteroatoms. The highest BCUT2D eigenvalue weighted by Gasteiger charge is 2.39. The third kappa shape index (κ3) is 5.10. The van der Waals surface area contributed by atoms with Crippen LogP contribution in [0.3, 0.4) is 0 Å². The number of amides is 3. The molecular weight excluding hydrogens is 442 g/mol. The Labute approximate surface area is 206 Å². The summed E-state index contributed by atoms with van der Waals surface area (Å²) in [5.74, 6) is 0.644. The van der Waals surface area contributed by atoms with Gasteiger partial charge in [-0.15, -0.1) is 0 Å². The Kier molecular flexibility index (Phi) is 6.60. The number of fused-ring (bicyclic) bond motifs is 1. The summed E-state index contributed by atoms with van der Waals surface area (Å²) < 4.78 is 5.74. The number of carbonyl (C=O) groups is 3. The lowest BCUT2D eigenvalue weighted by Crippen LogP contribution is -2.52. The summed E-state index contributed by atoms with van der Waals surface area (Å²) in [7, 11) is 0. The molecule has 35 heavy (non-hydrogen) atoms. The second-order valence-electron chi connectivity index (χ2n) is 10.2. The number of imide groups is 1. The van der Waals surface area contributed by atoms with Crippen molar-refractivity contribution in [3.63, 3.8) is 0 Å². The SMILES string of the molecule is CC(C)Oc1ccc(CN2CCC(c3ccc4c(c3)CN(C3CCC(=O)NC3=O)C4=O)CC2)cc1. The van der Waals surface area contributed by atoms with Crippen LogP contribution in [-0.4, -0.2) is 52.8 Å². The molecule has 2 saturated heterocycles. The van der Waals surface area contributed by atoms with E-state index in [9.17, 15) is 14.4 Å². The van der Waals surface area contributed by atoms with Crippen LogP contribution in [0.4, 0.5) is 0 Å². The van der Waals surface area contributed by atoms with Gasteiger partial charge in [0.2, 0.25) is 11.8 Å². The number of nitrogens with zero attached hydrogens (tertiary/aromatic N) is 2. The number of benzene rings is 2. The topological polar surface area (TPSA) is 79.0 Å². The fourth-order valence-corrected chi connectivity index (χ4v) is 5.48. The fourth-order valence-electron chi connectivity index (χ4n) is 5.48. The van der Waals surface area contributed by atoms with Gasteiger partial charge in [-0.1, -0.05) is 24.3 Å². The minimum absolute atomic E-state index is 0.110. The number of ether oxygens (including phenoxy) is 1. The molecule has 3 aliphatic rings. The van der Waals surface area contributed by atoms with Crippen molar-refractivity contribution in [2.24, 2.45) is 0 Å². The molecule has 2 aromatic carbocycles. The van der Waals surface area contributed by atoms with Crippen LogP contribution >= 0.6 is 0 Å². The van der Waals surface area contributed by atoms with Crippen LogP contribution in [0.15, 0.2) is 42.5 Å². The minimum Gasteiger partial charge on any atom is -0.491 e. The minimum atomic E-state index is -0.565. The van der Waals surface area contributed by atoms with Crippen molar-refractivity contribution in [2.75, 3.05) is 13.1 Å². The highest BCUT2D eigenvalue weighted by Crippen LogP contribution is 2.34. The number of likely N-dealkylation sites (tertiary alicyclic amines) is 1. The number of carbonyl (C=O) groups excluding carboxylic acids is 3. The summed E-state index contributed by atoms with van der Waals surface area (Å²) in [4.78, 5) is 40.8. The largest absolute Gasteiger partial charge is 0.491 e. The van der Waals surface area contributed by atoms with Crippen molar-refractivity contribution < 1.29 is 19.1 Å². The molecule has 3 amide bonds. The van der Waals surface area contributed by atoms with Gasteiger partial charge in [0.25, 0.3) is 5.91 Å². The van der Waals surface area contributed by atoms with E-state index in [1.807, 2.05) is 32.0 Å². The van der Waals surface area contributed by atoms with E-state index in [0.717, 1.165) is 43.8 Å². The second kappa shape index (κ2) is 9.82. The molecule has 2 aromatic rings. The first kappa shape index (κ1) is 23.5. The summed E-state index contributed by atoms with van der Waals surface area (Å²) in [5.41, 5.74) is 4.24. The molecule has 5 rings (SSSR count). The molecule has 0 spiro atoms. The van der Waals surface area contributed by atoms with Crippen molar-refractivity contribution in [1.82, 2.24) is 15.1 Å². The van der Waals surface area contributed by atoms with E-state index in [1.165, 1.54) is 11.1 Å². The molecule has 2 fully saturated rings. The molecule has 7 nitrogen and oxygen atoms in total. The maximum absolute atomic E-state index is 12.9. The lowest BCUT2D eigenvalue weighted by atomic mass is 9.87. The molecule has 1 atom stereocenters. The van der Waals surface area contributed by atoms with Gasteiger partial charge < -0.3 is 9.64 Å². The van der Waals surface area contributed by atoms with E-state index >= 15 is 0 Å². The standard InChI is InChI=1S/C28H33N3O4/c1-18(2)35-23-6-3-19(4-7-23)16-30-13-11-20(12-14-30)21-5-8-24-22(15-21)17-31(28(24)34)25-9-10-26(32)29-27(25)33/h3-8,15,18,20,25H,9-14,16-17H2,1-2H3,(H,29,32,33). The number of hydrogen-bond donors (Lipinski definition) is 1. The van der Waals surface area contributed by atoms with E-state index in [0.29, 0.717) is 24.4 Å². The molecule has 0 saturated carbocycles. The Balaban J connectivity index is 1.18. The molecule has 0 aromatic heterocycles. The number of rotatable bonds is 6. The van der Waals surface area contributed by atoms with Crippen LogP contribution in [-0.2, 0) is 22.7 Å². The maximum Gasteiger partial charge on any atom is 0.255 e. The fraction of sp³-hybridized carbons (Fsp3) is 0.464. The predicted octanol–water partition coefficient (Wildman–Crippen LogP) is 3.61. The van der Waals surface area contributed by atoms with Gasteiger partial charge in [-0.05, 0) is 87.0 Å². The Morgan fingerprint density at radius 3 is 2.43 bits per heavy atom. The van der Waals surface area contributed by atoms with Gasteiger partial charge in [-0.25, -0.2) is 0 Å². The third-order valence-electron chi connectivity index (χ3n) is 7.31. The van der Waals surface area contributed by atoms with E-state index < -0.39 is 6.04 Å². The molecule has 1 unspecified atom stereocenters. The van der Waals surface area contributed by atoms with Crippen LogP contribution in [0.5, 0.6) is 5.75 Å². The van der Waals surface area contributed by atoms with Crippen molar-refractivity contribution in [2.45, 2.75) is 70.7 Å². The molecule has 3 heterocycles. The van der Waals surface area contributed by atoms with E-state index in [-0.39, 0.29) is 30.2 Å². The van der Waals surface area contributed by atoms with E-state index in [4.69, 9.17) is 4.74 Å². The lowest BCUT2D eigenvalue weighted by Gasteiger charge is -2.32. The van der Waals surface area contributed by atoms with Crippen LogP contribution in [0.1, 0.15) is 72.5 Å². The summed E-state index contributed by atoms with van der Waals surface area (Å²) in [6, 6.07) is 14.0. The molecule has 3 aliphatic heterocycles. The predicted molar refractivity (Wildman–Crippen MR) is 132 cm³/mol. The zero-order chi connectivity index (χ0) is 24.5. The van der Waals surface area contributed by atoms with Crippen LogP contribution in [0.25, 0.3) is 0 Å². The van der Waals surface area contributed by atoms with Gasteiger partial charge in [-0.2, -0.15) is 0 Å². The van der Waals surface area contributed by atoms with Crippen LogP contribution in [0.2, 0.25) is 0 Å².